The predicted octanol–water partition coefficient (Wildman–Crippen LogP) is 1.20. The third-order valence-corrected chi connectivity index (χ3v) is 3.63. The second-order valence-electron chi connectivity index (χ2n) is 4.15. The summed E-state index contributed by atoms with van der Waals surface area (Å²) in [4.78, 5) is 22.3. The molecule has 1 unspecified atom stereocenters. The zero-order chi connectivity index (χ0) is 12.0. The molecule has 1 saturated carbocycles. The second kappa shape index (κ2) is 6.78. The van der Waals surface area contributed by atoms with Crippen LogP contribution in [0.15, 0.2) is 0 Å². The minimum atomic E-state index is -0.224. The van der Waals surface area contributed by atoms with E-state index in [1.807, 2.05) is 6.92 Å². The highest BCUT2D eigenvalue weighted by Gasteiger charge is 2.21. The van der Waals surface area contributed by atoms with Crippen LogP contribution in [0.2, 0.25) is 0 Å². The number of nitrogens with one attached hydrogen (secondary N) is 1. The van der Waals surface area contributed by atoms with Crippen molar-refractivity contribution in [1.82, 2.24) is 5.32 Å². The van der Waals surface area contributed by atoms with Crippen LogP contribution in [0.4, 0.5) is 0 Å². The highest BCUT2D eigenvalue weighted by atomic mass is 32.2. The van der Waals surface area contributed by atoms with Crippen molar-refractivity contribution in [3.8, 4) is 0 Å². The molecule has 1 fully saturated rings. The van der Waals surface area contributed by atoms with Crippen molar-refractivity contribution in [2.24, 2.45) is 5.92 Å². The molecule has 1 aliphatic rings. The maximum atomic E-state index is 11.4. The third kappa shape index (κ3) is 6.00. The van der Waals surface area contributed by atoms with E-state index in [0.717, 1.165) is 6.54 Å². The van der Waals surface area contributed by atoms with Crippen LogP contribution in [-0.2, 0) is 14.3 Å². The van der Waals surface area contributed by atoms with Crippen LogP contribution in [0.3, 0.4) is 0 Å². The molecule has 0 saturated heterocycles. The molecule has 0 aromatic heterocycles. The number of ether oxygens (including phenoxy) is 1. The molecule has 0 aromatic rings. The highest BCUT2D eigenvalue weighted by molar-refractivity contribution is 8.00. The molecule has 0 spiro atoms. The molecule has 4 nitrogen and oxygen atoms in total. The molecule has 92 valence electrons. The van der Waals surface area contributed by atoms with E-state index in [0.29, 0.717) is 18.1 Å². The number of methoxy groups -OCH3 is 1. The molecular formula is C11H19NO3S. The first kappa shape index (κ1) is 13.4. The van der Waals surface area contributed by atoms with Gasteiger partial charge in [0.15, 0.2) is 0 Å². The first-order valence-electron chi connectivity index (χ1n) is 5.57. The summed E-state index contributed by atoms with van der Waals surface area (Å²) in [6.45, 7) is 2.74. The summed E-state index contributed by atoms with van der Waals surface area (Å²) >= 11 is 1.49. The van der Waals surface area contributed by atoms with Crippen molar-refractivity contribution in [3.63, 3.8) is 0 Å². The summed E-state index contributed by atoms with van der Waals surface area (Å²) in [6.07, 6.45) is 2.84. The number of carbonyl (C=O) groups excluding carboxylic acids is 2. The molecule has 0 aliphatic heterocycles. The molecule has 1 atom stereocenters. The normalized spacial score (nSPS) is 16.6. The first-order valence-corrected chi connectivity index (χ1v) is 6.61. The third-order valence-electron chi connectivity index (χ3n) is 2.47. The van der Waals surface area contributed by atoms with Crippen molar-refractivity contribution >= 4 is 23.6 Å². The van der Waals surface area contributed by atoms with Crippen LogP contribution < -0.4 is 5.32 Å². The van der Waals surface area contributed by atoms with Crippen LogP contribution in [0.5, 0.6) is 0 Å². The Morgan fingerprint density at radius 3 is 2.75 bits per heavy atom. The molecule has 0 radical (unpaired) electrons. The van der Waals surface area contributed by atoms with Crippen molar-refractivity contribution < 1.29 is 14.3 Å². The molecule has 0 heterocycles. The number of esters is 1. The summed E-state index contributed by atoms with van der Waals surface area (Å²) in [7, 11) is 1.38. The van der Waals surface area contributed by atoms with E-state index < -0.39 is 0 Å². The van der Waals surface area contributed by atoms with Crippen molar-refractivity contribution in [2.45, 2.75) is 31.4 Å². The number of rotatable bonds is 7. The smallest absolute Gasteiger partial charge is 0.306 e. The fourth-order valence-corrected chi connectivity index (χ4v) is 2.02. The minimum absolute atomic E-state index is 0.0635. The summed E-state index contributed by atoms with van der Waals surface area (Å²) in [5.74, 6) is 0.971. The Balaban J connectivity index is 2.02. The summed E-state index contributed by atoms with van der Waals surface area (Å²) < 4.78 is 4.56. The van der Waals surface area contributed by atoms with Gasteiger partial charge in [0, 0.05) is 11.8 Å². The molecule has 1 rings (SSSR count). The zero-order valence-electron chi connectivity index (χ0n) is 9.82. The number of hydrogen-bond acceptors (Lipinski definition) is 4. The maximum Gasteiger partial charge on any atom is 0.306 e. The Hall–Kier alpha value is -0.710. The molecule has 0 bridgehead atoms. The van der Waals surface area contributed by atoms with Crippen molar-refractivity contribution in [3.05, 3.63) is 0 Å². The zero-order valence-corrected chi connectivity index (χ0v) is 10.6. The second-order valence-corrected chi connectivity index (χ2v) is 5.58. The maximum absolute atomic E-state index is 11.4. The summed E-state index contributed by atoms with van der Waals surface area (Å²) in [6, 6.07) is 0. The van der Waals surface area contributed by atoms with Gasteiger partial charge in [-0.05, 0) is 18.8 Å². The van der Waals surface area contributed by atoms with Gasteiger partial charge < -0.3 is 10.1 Å². The number of thioether (sulfide) groups is 1. The average Bonchev–Trinajstić information content (AvgIpc) is 3.07. The van der Waals surface area contributed by atoms with E-state index in [1.165, 1.54) is 31.7 Å². The Morgan fingerprint density at radius 1 is 1.50 bits per heavy atom. The van der Waals surface area contributed by atoms with E-state index in [-0.39, 0.29) is 17.1 Å². The molecule has 0 aromatic carbocycles. The van der Waals surface area contributed by atoms with Crippen molar-refractivity contribution in [2.75, 3.05) is 19.4 Å². The van der Waals surface area contributed by atoms with E-state index in [2.05, 4.69) is 10.1 Å². The molecule has 16 heavy (non-hydrogen) atoms. The van der Waals surface area contributed by atoms with Gasteiger partial charge in [-0.15, -0.1) is 11.8 Å². The minimum Gasteiger partial charge on any atom is -0.469 e. The molecule has 1 amide bonds. The number of carbonyl (C=O) groups is 2. The van der Waals surface area contributed by atoms with Crippen LogP contribution in [-0.4, -0.2) is 36.5 Å². The lowest BCUT2D eigenvalue weighted by Crippen LogP contribution is -2.28. The standard InChI is InChI=1S/C11H19NO3S/c1-8(5-11(14)15-2)16-7-10(13)12-6-9-3-4-9/h8-9H,3-7H2,1-2H3,(H,12,13). The van der Waals surface area contributed by atoms with Gasteiger partial charge in [0.25, 0.3) is 0 Å². The fourth-order valence-electron chi connectivity index (χ4n) is 1.23. The van der Waals surface area contributed by atoms with E-state index in [9.17, 15) is 9.59 Å². The Kier molecular flexibility index (Phi) is 5.66. The Labute approximate surface area is 100 Å². The van der Waals surface area contributed by atoms with Gasteiger partial charge in [0.1, 0.15) is 0 Å². The number of amides is 1. The topological polar surface area (TPSA) is 55.4 Å². The Bertz CT molecular complexity index is 254. The molecule has 5 heteroatoms. The van der Waals surface area contributed by atoms with E-state index >= 15 is 0 Å². The molecule has 1 aliphatic carbocycles. The van der Waals surface area contributed by atoms with E-state index in [1.54, 1.807) is 0 Å². The van der Waals surface area contributed by atoms with Gasteiger partial charge in [0.05, 0.1) is 19.3 Å². The lowest BCUT2D eigenvalue weighted by Gasteiger charge is -2.09. The van der Waals surface area contributed by atoms with Crippen LogP contribution in [0.1, 0.15) is 26.2 Å². The van der Waals surface area contributed by atoms with Crippen LogP contribution in [0, 0.1) is 5.92 Å². The molecular weight excluding hydrogens is 226 g/mol. The van der Waals surface area contributed by atoms with Crippen LogP contribution in [0.25, 0.3) is 0 Å². The van der Waals surface area contributed by atoms with Crippen molar-refractivity contribution in [1.29, 1.82) is 0 Å². The monoisotopic (exact) mass is 245 g/mol. The highest BCUT2D eigenvalue weighted by Crippen LogP contribution is 2.27. The summed E-state index contributed by atoms with van der Waals surface area (Å²) in [5.41, 5.74) is 0. The lowest BCUT2D eigenvalue weighted by atomic mass is 10.3. The molecule has 1 N–H and O–H groups in total. The van der Waals surface area contributed by atoms with Gasteiger partial charge in [-0.1, -0.05) is 6.92 Å². The average molecular weight is 245 g/mol. The van der Waals surface area contributed by atoms with E-state index in [4.69, 9.17) is 0 Å². The van der Waals surface area contributed by atoms with Gasteiger partial charge in [-0.2, -0.15) is 0 Å². The largest absolute Gasteiger partial charge is 0.469 e. The van der Waals surface area contributed by atoms with Gasteiger partial charge in [-0.25, -0.2) is 0 Å². The SMILES string of the molecule is COC(=O)CC(C)SCC(=O)NCC1CC1. The van der Waals surface area contributed by atoms with Gasteiger partial charge >= 0.3 is 5.97 Å². The van der Waals surface area contributed by atoms with Gasteiger partial charge in [0.2, 0.25) is 5.91 Å². The number of hydrogen-bond donors (Lipinski definition) is 1. The lowest BCUT2D eigenvalue weighted by molar-refractivity contribution is -0.140. The fraction of sp³-hybridized carbons (Fsp3) is 0.818. The van der Waals surface area contributed by atoms with Crippen LogP contribution >= 0.6 is 11.8 Å². The van der Waals surface area contributed by atoms with Gasteiger partial charge in [-0.3, -0.25) is 9.59 Å². The summed E-state index contributed by atoms with van der Waals surface area (Å²) in [5, 5.41) is 3.02. The first-order chi connectivity index (χ1) is 7.61. The predicted molar refractivity (Wildman–Crippen MR) is 64.3 cm³/mol. The quantitative estimate of drug-likeness (QED) is 0.685. The Morgan fingerprint density at radius 2 is 2.19 bits per heavy atom.